The minimum atomic E-state index is 0.262. The molecule has 0 aromatic heterocycles. The molecule has 0 saturated carbocycles. The third kappa shape index (κ3) is 4.29. The Morgan fingerprint density at radius 2 is 1.86 bits per heavy atom. The molecular weight excluding hydrogens is 364 g/mol. The van der Waals surface area contributed by atoms with Crippen molar-refractivity contribution in [1.29, 1.82) is 0 Å². The molecule has 0 spiro atoms. The summed E-state index contributed by atoms with van der Waals surface area (Å²) in [5, 5.41) is 12.4. The molecule has 0 bridgehead atoms. The Morgan fingerprint density at radius 3 is 2.57 bits per heavy atom. The number of aromatic hydroxyl groups is 1. The number of phenols is 1. The van der Waals surface area contributed by atoms with Crippen molar-refractivity contribution in [3.63, 3.8) is 0 Å². The first-order valence-electron chi connectivity index (χ1n) is 10.2. The van der Waals surface area contributed by atoms with Gasteiger partial charge in [0.2, 0.25) is 0 Å². The normalized spacial score (nSPS) is 24.9. The van der Waals surface area contributed by atoms with Gasteiger partial charge in [0.25, 0.3) is 0 Å². The fourth-order valence-electron chi connectivity index (χ4n) is 4.54. The van der Waals surface area contributed by atoms with Gasteiger partial charge in [-0.15, -0.1) is 11.8 Å². The van der Waals surface area contributed by atoms with E-state index in [4.69, 9.17) is 0 Å². The van der Waals surface area contributed by atoms with Gasteiger partial charge in [0.05, 0.1) is 6.04 Å². The molecule has 28 heavy (non-hydrogen) atoms. The van der Waals surface area contributed by atoms with Crippen LogP contribution in [0.1, 0.15) is 37.4 Å². The molecule has 2 aliphatic heterocycles. The molecule has 3 nitrogen and oxygen atoms in total. The van der Waals surface area contributed by atoms with Crippen LogP contribution < -0.4 is 0 Å². The summed E-state index contributed by atoms with van der Waals surface area (Å²) in [5.41, 5.74) is 4.09. The van der Waals surface area contributed by atoms with Crippen LogP contribution in [0.5, 0.6) is 5.75 Å². The number of benzene rings is 2. The van der Waals surface area contributed by atoms with E-state index >= 15 is 0 Å². The van der Waals surface area contributed by atoms with Gasteiger partial charge in [0, 0.05) is 37.5 Å². The molecule has 2 aliphatic rings. The van der Waals surface area contributed by atoms with Crippen LogP contribution in [0.3, 0.4) is 0 Å². The van der Waals surface area contributed by atoms with Gasteiger partial charge in [-0.1, -0.05) is 42.5 Å². The monoisotopic (exact) mass is 394 g/mol. The Kier molecular flexibility index (Phi) is 6.10. The van der Waals surface area contributed by atoms with Gasteiger partial charge in [-0.3, -0.25) is 9.80 Å². The molecule has 0 amide bonds. The molecule has 2 heterocycles. The summed E-state index contributed by atoms with van der Waals surface area (Å²) in [6.45, 7) is 7.80. The SMILES string of the molecule is C[C@@H]1CN(C(C2=CSCC2)c2cccc(O)c2)[C@@H](C)CN1Cc1ccccc1. The summed E-state index contributed by atoms with van der Waals surface area (Å²) in [5.74, 6) is 1.53. The lowest BCUT2D eigenvalue weighted by atomic mass is 9.92. The van der Waals surface area contributed by atoms with Crippen LogP contribution in [0, 0.1) is 0 Å². The quantitative estimate of drug-likeness (QED) is 0.768. The second kappa shape index (κ2) is 8.73. The zero-order valence-corrected chi connectivity index (χ0v) is 17.6. The molecule has 1 N–H and O–H groups in total. The topological polar surface area (TPSA) is 26.7 Å². The third-order valence-electron chi connectivity index (χ3n) is 6.00. The molecule has 0 aliphatic carbocycles. The van der Waals surface area contributed by atoms with Crippen LogP contribution in [0.15, 0.2) is 65.6 Å². The van der Waals surface area contributed by atoms with E-state index in [1.54, 1.807) is 6.07 Å². The Labute approximate surface area is 173 Å². The van der Waals surface area contributed by atoms with E-state index in [-0.39, 0.29) is 6.04 Å². The van der Waals surface area contributed by atoms with Gasteiger partial charge < -0.3 is 5.11 Å². The zero-order chi connectivity index (χ0) is 19.5. The van der Waals surface area contributed by atoms with Crippen molar-refractivity contribution in [2.24, 2.45) is 0 Å². The number of thioether (sulfide) groups is 1. The minimum Gasteiger partial charge on any atom is -0.508 e. The molecule has 4 heteroatoms. The van der Waals surface area contributed by atoms with Crippen LogP contribution in [0.25, 0.3) is 0 Å². The van der Waals surface area contributed by atoms with Crippen molar-refractivity contribution in [1.82, 2.24) is 9.80 Å². The van der Waals surface area contributed by atoms with Gasteiger partial charge in [-0.25, -0.2) is 0 Å². The van der Waals surface area contributed by atoms with Gasteiger partial charge in [-0.2, -0.15) is 0 Å². The van der Waals surface area contributed by atoms with Crippen LogP contribution in [0.4, 0.5) is 0 Å². The minimum absolute atomic E-state index is 0.262. The Balaban J connectivity index is 1.56. The summed E-state index contributed by atoms with van der Waals surface area (Å²) in [4.78, 5) is 5.26. The van der Waals surface area contributed by atoms with Crippen LogP contribution >= 0.6 is 11.8 Å². The van der Waals surface area contributed by atoms with E-state index in [1.807, 2.05) is 23.9 Å². The van der Waals surface area contributed by atoms with E-state index in [1.165, 1.54) is 22.5 Å². The maximum absolute atomic E-state index is 10.1. The largest absolute Gasteiger partial charge is 0.508 e. The maximum Gasteiger partial charge on any atom is 0.115 e. The predicted molar refractivity (Wildman–Crippen MR) is 118 cm³/mol. The maximum atomic E-state index is 10.1. The number of nitrogens with zero attached hydrogens (tertiary/aromatic N) is 2. The van der Waals surface area contributed by atoms with Gasteiger partial charge in [0.15, 0.2) is 0 Å². The second-order valence-electron chi connectivity index (χ2n) is 8.12. The summed E-state index contributed by atoms with van der Waals surface area (Å²) in [7, 11) is 0. The first kappa shape index (κ1) is 19.6. The highest BCUT2D eigenvalue weighted by atomic mass is 32.2. The van der Waals surface area contributed by atoms with Gasteiger partial charge >= 0.3 is 0 Å². The fraction of sp³-hybridized carbons (Fsp3) is 0.417. The standard InChI is InChI=1S/C24H30N2OS/c1-18-15-26(19(2)14-25(18)16-20-7-4-3-5-8-20)24(22-11-12-28-17-22)21-9-6-10-23(27)13-21/h3-10,13,17-19,24,27H,11-12,14-16H2,1-2H3/t18-,19+,24?/m1/s1. The Bertz CT molecular complexity index is 822. The van der Waals surface area contributed by atoms with E-state index in [2.05, 4.69) is 65.5 Å². The summed E-state index contributed by atoms with van der Waals surface area (Å²) < 4.78 is 0. The lowest BCUT2D eigenvalue weighted by Gasteiger charge is -2.48. The average molecular weight is 395 g/mol. The van der Waals surface area contributed by atoms with Crippen molar-refractivity contribution in [2.75, 3.05) is 18.8 Å². The van der Waals surface area contributed by atoms with E-state index in [0.29, 0.717) is 17.8 Å². The molecule has 2 aromatic rings. The van der Waals surface area contributed by atoms with E-state index in [0.717, 1.165) is 26.1 Å². The Hall–Kier alpha value is -1.75. The number of hydrogen-bond acceptors (Lipinski definition) is 4. The zero-order valence-electron chi connectivity index (χ0n) is 16.8. The summed E-state index contributed by atoms with van der Waals surface area (Å²) in [6, 6.07) is 19.8. The molecule has 148 valence electrons. The lowest BCUT2D eigenvalue weighted by molar-refractivity contribution is 0.0181. The van der Waals surface area contributed by atoms with Crippen LogP contribution in [-0.2, 0) is 6.54 Å². The average Bonchev–Trinajstić information content (AvgIpc) is 3.21. The number of phenolic OH excluding ortho intramolecular Hbond substituents is 1. The smallest absolute Gasteiger partial charge is 0.115 e. The van der Waals surface area contributed by atoms with Crippen molar-refractivity contribution in [3.05, 3.63) is 76.7 Å². The van der Waals surface area contributed by atoms with Crippen molar-refractivity contribution < 1.29 is 5.11 Å². The number of rotatable bonds is 5. The second-order valence-corrected chi connectivity index (χ2v) is 9.10. The van der Waals surface area contributed by atoms with Crippen LogP contribution in [-0.4, -0.2) is 45.8 Å². The molecule has 1 saturated heterocycles. The van der Waals surface area contributed by atoms with Crippen molar-refractivity contribution >= 4 is 11.8 Å². The first-order chi connectivity index (χ1) is 13.6. The molecule has 1 fully saturated rings. The first-order valence-corrected chi connectivity index (χ1v) is 11.3. The van der Waals surface area contributed by atoms with Crippen molar-refractivity contribution in [3.8, 4) is 5.75 Å². The number of piperazine rings is 1. The van der Waals surface area contributed by atoms with Gasteiger partial charge in [0.1, 0.15) is 5.75 Å². The molecule has 4 rings (SSSR count). The highest BCUT2D eigenvalue weighted by Gasteiger charge is 2.36. The number of hydrogen-bond donors (Lipinski definition) is 1. The summed E-state index contributed by atoms with van der Waals surface area (Å²) >= 11 is 1.92. The predicted octanol–water partition coefficient (Wildman–Crippen LogP) is 5.05. The molecule has 2 aromatic carbocycles. The molecule has 1 unspecified atom stereocenters. The van der Waals surface area contributed by atoms with E-state index < -0.39 is 0 Å². The molecule has 0 radical (unpaired) electrons. The lowest BCUT2D eigenvalue weighted by Crippen LogP contribution is -2.56. The molecule has 3 atom stereocenters. The molecular formula is C24H30N2OS. The highest BCUT2D eigenvalue weighted by Crippen LogP contribution is 2.40. The highest BCUT2D eigenvalue weighted by molar-refractivity contribution is 8.02. The summed E-state index contributed by atoms with van der Waals surface area (Å²) in [6.07, 6.45) is 1.14. The van der Waals surface area contributed by atoms with E-state index in [9.17, 15) is 5.11 Å². The Morgan fingerprint density at radius 1 is 1.04 bits per heavy atom. The van der Waals surface area contributed by atoms with Crippen molar-refractivity contribution in [2.45, 2.75) is 44.9 Å². The van der Waals surface area contributed by atoms with Gasteiger partial charge in [-0.05, 0) is 54.5 Å². The third-order valence-corrected chi connectivity index (χ3v) is 6.91. The van der Waals surface area contributed by atoms with Crippen LogP contribution in [0.2, 0.25) is 0 Å². The fourth-order valence-corrected chi connectivity index (χ4v) is 5.47.